The summed E-state index contributed by atoms with van der Waals surface area (Å²) in [6, 6.07) is 8.56. The molecule has 1 aromatic heterocycles. The van der Waals surface area contributed by atoms with Crippen LogP contribution in [0.1, 0.15) is 43.9 Å². The number of sulfonamides is 1. The van der Waals surface area contributed by atoms with Gasteiger partial charge in [0.15, 0.2) is 0 Å². The van der Waals surface area contributed by atoms with Gasteiger partial charge in [0, 0.05) is 19.6 Å². The van der Waals surface area contributed by atoms with Crippen molar-refractivity contribution in [2.24, 2.45) is 5.92 Å². The number of furan rings is 1. The molecule has 2 aromatic rings. The van der Waals surface area contributed by atoms with Crippen molar-refractivity contribution >= 4 is 15.9 Å². The van der Waals surface area contributed by atoms with Crippen LogP contribution in [-0.2, 0) is 14.8 Å². The number of nitrogens with one attached hydrogen (secondary N) is 1. The Hall–Kier alpha value is -2.23. The van der Waals surface area contributed by atoms with Crippen molar-refractivity contribution in [3.05, 3.63) is 54.2 Å². The lowest BCUT2D eigenvalue weighted by molar-refractivity contribution is -0.126. The molecule has 2 aliphatic rings. The first-order chi connectivity index (χ1) is 15.4. The van der Waals surface area contributed by atoms with Gasteiger partial charge >= 0.3 is 0 Å². The van der Waals surface area contributed by atoms with Gasteiger partial charge < -0.3 is 9.73 Å². The van der Waals surface area contributed by atoms with Crippen LogP contribution in [0.15, 0.2) is 52.0 Å². The number of piperidine rings is 2. The Kier molecular flexibility index (Phi) is 7.27. The Labute approximate surface area is 188 Å². The van der Waals surface area contributed by atoms with Crippen LogP contribution in [0.4, 0.5) is 4.39 Å². The van der Waals surface area contributed by atoms with Crippen LogP contribution in [0.5, 0.6) is 0 Å². The summed E-state index contributed by atoms with van der Waals surface area (Å²) in [6.45, 7) is 2.84. The van der Waals surface area contributed by atoms with Crippen LogP contribution in [0.2, 0.25) is 0 Å². The van der Waals surface area contributed by atoms with Crippen LogP contribution in [-0.4, -0.2) is 56.3 Å². The largest absolute Gasteiger partial charge is 0.468 e. The third-order valence-corrected chi connectivity index (χ3v) is 8.26. The molecule has 0 aliphatic carbocycles. The van der Waals surface area contributed by atoms with Gasteiger partial charge in [0.1, 0.15) is 11.6 Å². The minimum Gasteiger partial charge on any atom is -0.468 e. The molecule has 2 atom stereocenters. The average Bonchev–Trinajstić information content (AvgIpc) is 3.35. The Morgan fingerprint density at radius 2 is 1.84 bits per heavy atom. The zero-order chi connectivity index (χ0) is 22.6. The molecule has 7 nitrogen and oxygen atoms in total. The number of rotatable bonds is 7. The fourth-order valence-corrected chi connectivity index (χ4v) is 6.12. The first-order valence-electron chi connectivity index (χ1n) is 11.3. The quantitative estimate of drug-likeness (QED) is 0.682. The van der Waals surface area contributed by atoms with E-state index in [0.29, 0.717) is 25.9 Å². The van der Waals surface area contributed by atoms with E-state index < -0.39 is 21.8 Å². The van der Waals surface area contributed by atoms with E-state index in [4.69, 9.17) is 4.42 Å². The third kappa shape index (κ3) is 5.22. The summed E-state index contributed by atoms with van der Waals surface area (Å²) < 4.78 is 46.1. The molecule has 2 fully saturated rings. The van der Waals surface area contributed by atoms with Gasteiger partial charge in [-0.3, -0.25) is 9.69 Å². The van der Waals surface area contributed by atoms with Gasteiger partial charge in [0.25, 0.3) is 0 Å². The number of carbonyl (C=O) groups is 1. The number of nitrogens with zero attached hydrogens (tertiary/aromatic N) is 2. The van der Waals surface area contributed by atoms with Crippen LogP contribution >= 0.6 is 0 Å². The number of benzene rings is 1. The van der Waals surface area contributed by atoms with Gasteiger partial charge in [-0.05, 0) is 75.2 Å². The molecule has 2 saturated heterocycles. The van der Waals surface area contributed by atoms with E-state index in [-0.39, 0.29) is 23.4 Å². The molecule has 0 radical (unpaired) electrons. The maximum atomic E-state index is 13.2. The van der Waals surface area contributed by atoms with Crippen molar-refractivity contribution in [3.8, 4) is 0 Å². The van der Waals surface area contributed by atoms with E-state index >= 15 is 0 Å². The Morgan fingerprint density at radius 1 is 1.09 bits per heavy atom. The van der Waals surface area contributed by atoms with Gasteiger partial charge in [-0.1, -0.05) is 6.42 Å². The lowest BCUT2D eigenvalue weighted by Crippen LogP contribution is -2.47. The first kappa shape index (κ1) is 22.9. The fourth-order valence-electron chi connectivity index (χ4n) is 4.59. The summed E-state index contributed by atoms with van der Waals surface area (Å²) in [5, 5.41) is 3.05. The minimum atomic E-state index is -3.77. The van der Waals surface area contributed by atoms with Crippen molar-refractivity contribution < 1.29 is 22.0 Å². The van der Waals surface area contributed by atoms with E-state index in [2.05, 4.69) is 10.2 Å². The highest BCUT2D eigenvalue weighted by Crippen LogP contribution is 2.26. The van der Waals surface area contributed by atoms with Crippen molar-refractivity contribution in [1.29, 1.82) is 0 Å². The molecule has 1 aromatic carbocycles. The second kappa shape index (κ2) is 10.1. The number of hydrogen-bond donors (Lipinski definition) is 1. The Morgan fingerprint density at radius 3 is 2.53 bits per heavy atom. The predicted octanol–water partition coefficient (Wildman–Crippen LogP) is 3.16. The molecule has 9 heteroatoms. The lowest BCUT2D eigenvalue weighted by atomic mass is 9.98. The molecular weight excluding hydrogens is 433 g/mol. The molecular formula is C23H30FN3O4S. The fraction of sp³-hybridized carbons (Fsp3) is 0.522. The van der Waals surface area contributed by atoms with Crippen molar-refractivity contribution in [3.63, 3.8) is 0 Å². The Bertz CT molecular complexity index is 989. The highest BCUT2D eigenvalue weighted by Gasteiger charge is 2.34. The maximum absolute atomic E-state index is 13.2. The summed E-state index contributed by atoms with van der Waals surface area (Å²) in [7, 11) is -3.77. The number of carbonyl (C=O) groups excluding carboxylic acids is 1. The van der Waals surface area contributed by atoms with Crippen molar-refractivity contribution in [2.45, 2.75) is 43.0 Å². The first-order valence-corrected chi connectivity index (χ1v) is 12.7. The van der Waals surface area contributed by atoms with Gasteiger partial charge in [-0.15, -0.1) is 0 Å². The van der Waals surface area contributed by atoms with Crippen LogP contribution in [0.25, 0.3) is 0 Å². The van der Waals surface area contributed by atoms with Gasteiger partial charge in [-0.25, -0.2) is 12.8 Å². The normalized spacial score (nSPS) is 21.8. The second-order valence-electron chi connectivity index (χ2n) is 8.53. The zero-order valence-corrected chi connectivity index (χ0v) is 18.9. The van der Waals surface area contributed by atoms with E-state index in [9.17, 15) is 17.6 Å². The highest BCUT2D eigenvalue weighted by molar-refractivity contribution is 7.89. The van der Waals surface area contributed by atoms with Crippen molar-refractivity contribution in [2.75, 3.05) is 32.7 Å². The third-order valence-electron chi connectivity index (χ3n) is 6.38. The number of halogens is 1. The van der Waals surface area contributed by atoms with Crippen molar-refractivity contribution in [1.82, 2.24) is 14.5 Å². The van der Waals surface area contributed by atoms with E-state index in [0.717, 1.165) is 43.8 Å². The molecule has 0 spiro atoms. The van der Waals surface area contributed by atoms with Crippen LogP contribution in [0, 0.1) is 11.7 Å². The summed E-state index contributed by atoms with van der Waals surface area (Å²) >= 11 is 0. The standard InChI is InChI=1S/C23H30FN3O4S/c24-19-8-10-20(11-9-19)32(29,30)27-14-4-6-18(17-27)23(28)25-16-21(22-7-5-15-31-22)26-12-2-1-3-13-26/h5,7-11,15,18,21H,1-4,6,12-14,16-17H2,(H,25,28). The van der Waals surface area contributed by atoms with Gasteiger partial charge in [-0.2, -0.15) is 4.31 Å². The molecule has 174 valence electrons. The summed E-state index contributed by atoms with van der Waals surface area (Å²) in [5.74, 6) is -0.217. The molecule has 0 bridgehead atoms. The number of likely N-dealkylation sites (tertiary alicyclic amines) is 1. The van der Waals surface area contributed by atoms with E-state index in [1.807, 2.05) is 12.1 Å². The summed E-state index contributed by atoms with van der Waals surface area (Å²) in [5.41, 5.74) is 0. The molecule has 3 heterocycles. The average molecular weight is 464 g/mol. The molecule has 4 rings (SSSR count). The van der Waals surface area contributed by atoms with Gasteiger partial charge in [0.05, 0.1) is 23.1 Å². The van der Waals surface area contributed by atoms with Crippen LogP contribution in [0.3, 0.4) is 0 Å². The van der Waals surface area contributed by atoms with E-state index in [1.165, 1.54) is 22.9 Å². The smallest absolute Gasteiger partial charge is 0.243 e. The molecule has 2 aliphatic heterocycles. The molecule has 1 N–H and O–H groups in total. The minimum absolute atomic E-state index is 0.0307. The molecule has 32 heavy (non-hydrogen) atoms. The zero-order valence-electron chi connectivity index (χ0n) is 18.1. The number of amides is 1. The van der Waals surface area contributed by atoms with E-state index in [1.54, 1.807) is 6.26 Å². The second-order valence-corrected chi connectivity index (χ2v) is 10.5. The monoisotopic (exact) mass is 463 g/mol. The molecule has 2 unspecified atom stereocenters. The van der Waals surface area contributed by atoms with Gasteiger partial charge in [0.2, 0.25) is 15.9 Å². The molecule has 0 saturated carbocycles. The Balaban J connectivity index is 1.39. The predicted molar refractivity (Wildman–Crippen MR) is 118 cm³/mol. The van der Waals surface area contributed by atoms with Crippen LogP contribution < -0.4 is 5.32 Å². The SMILES string of the molecule is O=C(NCC(c1ccco1)N1CCCCC1)C1CCCN(S(=O)(=O)c2ccc(F)cc2)C1. The topological polar surface area (TPSA) is 82.9 Å². The lowest BCUT2D eigenvalue weighted by Gasteiger charge is -2.34. The maximum Gasteiger partial charge on any atom is 0.243 e. The molecule has 1 amide bonds. The summed E-state index contributed by atoms with van der Waals surface area (Å²) in [6.07, 6.45) is 6.36. The summed E-state index contributed by atoms with van der Waals surface area (Å²) in [4.78, 5) is 15.4. The number of hydrogen-bond acceptors (Lipinski definition) is 5. The highest BCUT2D eigenvalue weighted by atomic mass is 32.2.